The third-order valence-electron chi connectivity index (χ3n) is 2.31. The van der Waals surface area contributed by atoms with E-state index in [4.69, 9.17) is 0 Å². The Balaban J connectivity index is 2.82. The lowest BCUT2D eigenvalue weighted by Crippen LogP contribution is -1.85. The second-order valence-electron chi connectivity index (χ2n) is 3.36. The minimum absolute atomic E-state index is 1.16. The molecule has 0 amide bonds. The van der Waals surface area contributed by atoms with Crippen LogP contribution in [-0.4, -0.2) is 0 Å². The summed E-state index contributed by atoms with van der Waals surface area (Å²) in [4.78, 5) is 0. The number of rotatable bonds is 3. The van der Waals surface area contributed by atoms with E-state index in [-0.39, 0.29) is 0 Å². The van der Waals surface area contributed by atoms with Gasteiger partial charge in [-0.1, -0.05) is 49.1 Å². The maximum atomic E-state index is 3.85. The summed E-state index contributed by atoms with van der Waals surface area (Å²) in [6.07, 6.45) is 18.3. The second-order valence-corrected chi connectivity index (χ2v) is 3.36. The largest absolute Gasteiger partial charge is 0.0985 e. The molecule has 1 aliphatic rings. The van der Waals surface area contributed by atoms with E-state index in [0.29, 0.717) is 0 Å². The number of hydrogen-bond acceptors (Lipinski definition) is 0. The lowest BCUT2D eigenvalue weighted by atomic mass is 10.0. The van der Waals surface area contributed by atoms with Crippen LogP contribution >= 0.6 is 0 Å². The van der Waals surface area contributed by atoms with Gasteiger partial charge < -0.3 is 0 Å². The third-order valence-corrected chi connectivity index (χ3v) is 2.31. The fourth-order valence-electron chi connectivity index (χ4n) is 1.52. The first-order valence-electron chi connectivity index (χ1n) is 5.20. The van der Waals surface area contributed by atoms with Crippen LogP contribution in [-0.2, 0) is 0 Å². The summed E-state index contributed by atoms with van der Waals surface area (Å²) < 4.78 is 0. The molecule has 0 aromatic heterocycles. The normalized spacial score (nSPS) is 18.1. The maximum Gasteiger partial charge on any atom is -0.0231 e. The number of allylic oxidation sites excluding steroid dienone is 9. The Morgan fingerprint density at radius 3 is 3.07 bits per heavy atom. The predicted octanol–water partition coefficient (Wildman–Crippen LogP) is 4.34. The minimum Gasteiger partial charge on any atom is -0.0985 e. The fraction of sp³-hybridized carbons (Fsp3) is 0.286. The first-order chi connectivity index (χ1) is 6.88. The smallest absolute Gasteiger partial charge is 0.0231 e. The fourth-order valence-corrected chi connectivity index (χ4v) is 1.52. The molecule has 0 spiro atoms. The molecule has 0 saturated heterocycles. The summed E-state index contributed by atoms with van der Waals surface area (Å²) in [6, 6.07) is 0. The maximum absolute atomic E-state index is 3.85. The highest BCUT2D eigenvalue weighted by Crippen LogP contribution is 2.21. The van der Waals surface area contributed by atoms with E-state index in [1.54, 1.807) is 0 Å². The first kappa shape index (κ1) is 10.8. The highest BCUT2D eigenvalue weighted by molar-refractivity contribution is 5.43. The van der Waals surface area contributed by atoms with Gasteiger partial charge in [0.15, 0.2) is 0 Å². The van der Waals surface area contributed by atoms with Gasteiger partial charge in [0.25, 0.3) is 0 Å². The van der Waals surface area contributed by atoms with Crippen molar-refractivity contribution in [3.05, 3.63) is 60.3 Å². The van der Waals surface area contributed by atoms with E-state index < -0.39 is 0 Å². The van der Waals surface area contributed by atoms with Crippen LogP contribution in [0.1, 0.15) is 26.2 Å². The van der Waals surface area contributed by atoms with E-state index in [1.807, 2.05) is 19.1 Å². The lowest BCUT2D eigenvalue weighted by molar-refractivity contribution is 0.849. The standard InChI is InChI=1S/C14H18/c1-3-5-10-13(4-2)14-11-8-6-7-9-12-14/h3-6,8,10-11H,2,7,9,12H2,1H3/b5-3-,13-10+. The molecule has 1 rings (SSSR count). The Kier molecular flexibility index (Phi) is 4.77. The van der Waals surface area contributed by atoms with Gasteiger partial charge in [-0.15, -0.1) is 0 Å². The molecule has 0 atom stereocenters. The zero-order valence-electron chi connectivity index (χ0n) is 8.87. The van der Waals surface area contributed by atoms with Crippen molar-refractivity contribution >= 4 is 0 Å². The Morgan fingerprint density at radius 2 is 2.36 bits per heavy atom. The molecule has 0 heteroatoms. The van der Waals surface area contributed by atoms with E-state index in [1.165, 1.54) is 24.0 Å². The molecule has 14 heavy (non-hydrogen) atoms. The van der Waals surface area contributed by atoms with Gasteiger partial charge >= 0.3 is 0 Å². The van der Waals surface area contributed by atoms with Crippen molar-refractivity contribution in [2.75, 3.05) is 0 Å². The van der Waals surface area contributed by atoms with Crippen molar-refractivity contribution in [1.82, 2.24) is 0 Å². The summed E-state index contributed by atoms with van der Waals surface area (Å²) >= 11 is 0. The summed E-state index contributed by atoms with van der Waals surface area (Å²) in [5, 5.41) is 0. The molecule has 74 valence electrons. The van der Waals surface area contributed by atoms with Crippen LogP contribution in [0, 0.1) is 0 Å². The molecular weight excluding hydrogens is 168 g/mol. The van der Waals surface area contributed by atoms with E-state index in [0.717, 1.165) is 6.42 Å². The van der Waals surface area contributed by atoms with Gasteiger partial charge in [0.05, 0.1) is 0 Å². The zero-order chi connectivity index (χ0) is 10.2. The van der Waals surface area contributed by atoms with Gasteiger partial charge in [0.1, 0.15) is 0 Å². The second kappa shape index (κ2) is 6.20. The molecule has 0 fully saturated rings. The predicted molar refractivity (Wildman–Crippen MR) is 64.2 cm³/mol. The van der Waals surface area contributed by atoms with E-state index in [9.17, 15) is 0 Å². The summed E-state index contributed by atoms with van der Waals surface area (Å²) in [6.45, 7) is 5.88. The lowest BCUT2D eigenvalue weighted by Gasteiger charge is -2.05. The van der Waals surface area contributed by atoms with Crippen molar-refractivity contribution in [3.63, 3.8) is 0 Å². The molecule has 0 aromatic carbocycles. The summed E-state index contributed by atoms with van der Waals surface area (Å²) in [5.41, 5.74) is 2.64. The van der Waals surface area contributed by atoms with Crippen molar-refractivity contribution < 1.29 is 0 Å². The van der Waals surface area contributed by atoms with Crippen LogP contribution in [0.5, 0.6) is 0 Å². The van der Waals surface area contributed by atoms with Gasteiger partial charge in [-0.25, -0.2) is 0 Å². The molecule has 0 N–H and O–H groups in total. The van der Waals surface area contributed by atoms with E-state index >= 15 is 0 Å². The van der Waals surface area contributed by atoms with Crippen LogP contribution in [0.15, 0.2) is 60.3 Å². The Labute approximate surface area is 87.0 Å². The van der Waals surface area contributed by atoms with Gasteiger partial charge in [-0.3, -0.25) is 0 Å². The van der Waals surface area contributed by atoms with Crippen LogP contribution in [0.4, 0.5) is 0 Å². The van der Waals surface area contributed by atoms with Gasteiger partial charge in [0.2, 0.25) is 0 Å². The van der Waals surface area contributed by atoms with E-state index in [2.05, 4.69) is 37.0 Å². The third kappa shape index (κ3) is 3.21. The summed E-state index contributed by atoms with van der Waals surface area (Å²) in [7, 11) is 0. The highest BCUT2D eigenvalue weighted by Gasteiger charge is 2.01. The van der Waals surface area contributed by atoms with Crippen molar-refractivity contribution in [2.24, 2.45) is 0 Å². The van der Waals surface area contributed by atoms with Gasteiger partial charge in [0, 0.05) is 0 Å². The minimum atomic E-state index is 1.16. The molecule has 0 saturated carbocycles. The molecule has 0 aliphatic heterocycles. The van der Waals surface area contributed by atoms with Gasteiger partial charge in [-0.2, -0.15) is 0 Å². The molecule has 0 aromatic rings. The van der Waals surface area contributed by atoms with Crippen molar-refractivity contribution in [1.29, 1.82) is 0 Å². The average Bonchev–Trinajstić information content (AvgIpc) is 2.48. The molecule has 0 heterocycles. The molecule has 0 radical (unpaired) electrons. The Morgan fingerprint density at radius 1 is 1.50 bits per heavy atom. The first-order valence-corrected chi connectivity index (χ1v) is 5.20. The van der Waals surface area contributed by atoms with Crippen LogP contribution < -0.4 is 0 Å². The molecule has 1 aliphatic carbocycles. The topological polar surface area (TPSA) is 0 Å². The average molecular weight is 186 g/mol. The van der Waals surface area contributed by atoms with Crippen LogP contribution in [0.2, 0.25) is 0 Å². The Bertz CT molecular complexity index is 298. The molecular formula is C14H18. The molecule has 0 nitrogen and oxygen atoms in total. The van der Waals surface area contributed by atoms with Crippen molar-refractivity contribution in [3.8, 4) is 0 Å². The molecule has 0 unspecified atom stereocenters. The van der Waals surface area contributed by atoms with Crippen LogP contribution in [0.25, 0.3) is 0 Å². The molecule has 0 bridgehead atoms. The SMILES string of the molecule is C=C/C(=C\C=C/C)C1=CC=CCCC1. The summed E-state index contributed by atoms with van der Waals surface area (Å²) in [5.74, 6) is 0. The number of hydrogen-bond donors (Lipinski definition) is 0. The quantitative estimate of drug-likeness (QED) is 0.575. The van der Waals surface area contributed by atoms with Crippen LogP contribution in [0.3, 0.4) is 0 Å². The van der Waals surface area contributed by atoms with Crippen molar-refractivity contribution in [2.45, 2.75) is 26.2 Å². The Hall–Kier alpha value is -1.30. The highest BCUT2D eigenvalue weighted by atomic mass is 14.1. The van der Waals surface area contributed by atoms with Gasteiger partial charge in [-0.05, 0) is 37.3 Å². The monoisotopic (exact) mass is 186 g/mol. The zero-order valence-corrected chi connectivity index (χ0v) is 8.87.